The number of hydrogen-bond acceptors (Lipinski definition) is 4. The number of aromatic nitrogens is 3. The largest absolute Gasteiger partial charge is 0.507 e. The van der Waals surface area contributed by atoms with Crippen LogP contribution in [-0.4, -0.2) is 14.1 Å². The Morgan fingerprint density at radius 2 is 0.915 bits per heavy atom. The van der Waals surface area contributed by atoms with E-state index in [1.807, 2.05) is 12.3 Å². The zero-order valence-electron chi connectivity index (χ0n) is 53.2. The molecule has 4 heterocycles. The molecule has 0 amide bonds. The fourth-order valence-corrected chi connectivity index (χ4v) is 14.8. The molecule has 17 rings (SSSR count). The van der Waals surface area contributed by atoms with Gasteiger partial charge in [-0.1, -0.05) is 247 Å². The predicted molar refractivity (Wildman–Crippen MR) is 384 cm³/mol. The zero-order chi connectivity index (χ0) is 62.7. The first-order chi connectivity index (χ1) is 45.4. The second-order valence-electron chi connectivity index (χ2n) is 26.8. The van der Waals surface area contributed by atoms with Crippen LogP contribution in [0, 0.1) is 18.8 Å². The first-order valence-electron chi connectivity index (χ1n) is 32.2. The summed E-state index contributed by atoms with van der Waals surface area (Å²) in [5.74, 6) is 1.93. The summed E-state index contributed by atoms with van der Waals surface area (Å²) in [5, 5.41) is 4.49. The Labute approximate surface area is 563 Å². The van der Waals surface area contributed by atoms with Crippen LogP contribution < -0.4 is 14.5 Å². The molecule has 6 nitrogen and oxygen atoms in total. The maximum Gasteiger partial charge on any atom is 0.135 e. The molecule has 0 saturated carbocycles. The van der Waals surface area contributed by atoms with Gasteiger partial charge in [0.25, 0.3) is 0 Å². The van der Waals surface area contributed by atoms with Crippen molar-refractivity contribution in [2.45, 2.75) is 57.8 Å². The molecule has 0 bridgehead atoms. The van der Waals surface area contributed by atoms with Gasteiger partial charge in [0.05, 0.1) is 5.41 Å². The predicted octanol–water partition coefficient (Wildman–Crippen LogP) is 22.4. The molecule has 0 radical (unpaired) electrons. The van der Waals surface area contributed by atoms with Crippen LogP contribution in [0.5, 0.6) is 11.5 Å². The van der Waals surface area contributed by atoms with E-state index in [1.54, 1.807) is 0 Å². The summed E-state index contributed by atoms with van der Waals surface area (Å²) in [6.45, 7) is 15.9. The van der Waals surface area contributed by atoms with E-state index in [2.05, 4.69) is 352 Å². The maximum atomic E-state index is 7.42. The molecule has 0 saturated heterocycles. The second kappa shape index (κ2) is 22.7. The Bertz CT molecular complexity index is 5280. The smallest absolute Gasteiger partial charge is 0.135 e. The van der Waals surface area contributed by atoms with Crippen molar-refractivity contribution in [2.75, 3.05) is 9.80 Å². The molecule has 2 aliphatic rings. The van der Waals surface area contributed by atoms with Crippen LogP contribution in [0.15, 0.2) is 285 Å². The molecule has 12 aromatic carbocycles. The Kier molecular flexibility index (Phi) is 14.1. The molecule has 7 heteroatoms. The first-order valence-corrected chi connectivity index (χ1v) is 32.2. The minimum absolute atomic E-state index is 0. The number of anilines is 4. The minimum Gasteiger partial charge on any atom is -0.507 e. The van der Waals surface area contributed by atoms with Crippen molar-refractivity contribution in [2.24, 2.45) is 0 Å². The third-order valence-corrected chi connectivity index (χ3v) is 19.3. The van der Waals surface area contributed by atoms with Crippen LogP contribution in [0.1, 0.15) is 74.9 Å². The number of ether oxygens (including phenoxy) is 1. The van der Waals surface area contributed by atoms with Gasteiger partial charge in [0.1, 0.15) is 5.82 Å². The van der Waals surface area contributed by atoms with Crippen molar-refractivity contribution >= 4 is 66.4 Å². The number of nitrogens with zero attached hydrogens (tertiary/aromatic N) is 5. The van der Waals surface area contributed by atoms with Crippen LogP contribution in [0.3, 0.4) is 0 Å². The van der Waals surface area contributed by atoms with Crippen molar-refractivity contribution < 1.29 is 25.8 Å². The molecular weight excluding hydrogens is 1330 g/mol. The van der Waals surface area contributed by atoms with E-state index in [0.717, 1.165) is 100 Å². The van der Waals surface area contributed by atoms with Gasteiger partial charge in [-0.25, -0.2) is 4.98 Å². The second-order valence-corrected chi connectivity index (χ2v) is 26.8. The topological polar surface area (TPSA) is 38.5 Å². The summed E-state index contributed by atoms with van der Waals surface area (Å²) in [6, 6.07) is 110. The number of rotatable bonds is 10. The van der Waals surface area contributed by atoms with E-state index in [9.17, 15) is 0 Å². The fourth-order valence-electron chi connectivity index (χ4n) is 14.8. The summed E-state index contributed by atoms with van der Waals surface area (Å²) >= 11 is 0. The summed E-state index contributed by atoms with van der Waals surface area (Å²) in [6.07, 6.45) is 1.92. The standard InChI is InChI=1S/C87H66N5O.Pt/c1-85(2,3)59-41-43-60(44-42-59)87(73-34-18-13-29-65(73)66-30-14-19-35-74(66)87)62-51-71(57-25-9-7-10-26-57)84(72(52-62)58-27-11-8-12-28-58)90-56-89(78-39-23-24-40-79(78)90)63-45-48-80(91-75-36-20-15-31-67(75)68-32-16-21-37-76(68)91)82(54-63)93-64-46-47-70-69-33-17-22-38-77(69)92(81(70)55-64)83-53-61(49-50-88-83)86(4,5)6;/h7-53,56H,1-6H3;/q-3;. The Balaban J connectivity index is 0.00000699. The van der Waals surface area contributed by atoms with Gasteiger partial charge in [0.15, 0.2) is 0 Å². The van der Waals surface area contributed by atoms with Crippen molar-refractivity contribution in [3.63, 3.8) is 0 Å². The van der Waals surface area contributed by atoms with Crippen LogP contribution in [0.25, 0.3) is 88.5 Å². The van der Waals surface area contributed by atoms with Crippen LogP contribution >= 0.6 is 0 Å². The van der Waals surface area contributed by atoms with E-state index in [-0.39, 0.29) is 31.9 Å². The van der Waals surface area contributed by atoms with Crippen molar-refractivity contribution in [1.82, 2.24) is 14.1 Å². The van der Waals surface area contributed by atoms with Gasteiger partial charge in [-0.2, -0.15) is 6.07 Å². The minimum atomic E-state index is -0.677. The SMILES string of the molecule is CC(C)(C)c1ccc(C2(c3cc(-c4ccccc4)c(N4[CH-]N(c5[c-]c(Oc6[c-]c7c(cc6)c6ccccc6n7-c6cc(C(C)(C)C)ccn6)c(-n6c7ccccc7c7ccccc76)cc5)c5ccccc54)c(-c4ccccc4)c3)c3ccccc3-c3ccccc32)cc1.[Pt]. The summed E-state index contributed by atoms with van der Waals surface area (Å²) in [7, 11) is 0. The number of hydrogen-bond donors (Lipinski definition) is 0. The van der Waals surface area contributed by atoms with Crippen molar-refractivity contribution in [1.29, 1.82) is 0 Å². The van der Waals surface area contributed by atoms with Gasteiger partial charge in [0.2, 0.25) is 0 Å². The average molecular weight is 1390 g/mol. The van der Waals surface area contributed by atoms with Gasteiger partial charge in [0, 0.05) is 94.3 Å². The van der Waals surface area contributed by atoms with Crippen molar-refractivity contribution in [3.8, 4) is 56.4 Å². The Morgan fingerprint density at radius 1 is 0.404 bits per heavy atom. The Morgan fingerprint density at radius 3 is 1.50 bits per heavy atom. The average Bonchev–Trinajstić information content (AvgIpc) is 1.49. The number of benzene rings is 12. The van der Waals surface area contributed by atoms with Crippen LogP contribution in [-0.2, 0) is 37.3 Å². The Hall–Kier alpha value is -10.5. The number of fused-ring (bicyclic) bond motifs is 10. The van der Waals surface area contributed by atoms with E-state index in [0.29, 0.717) is 11.5 Å². The van der Waals surface area contributed by atoms with Gasteiger partial charge < -0.3 is 23.7 Å². The van der Waals surface area contributed by atoms with Crippen molar-refractivity contribution in [3.05, 3.63) is 337 Å². The molecule has 1 aliphatic heterocycles. The van der Waals surface area contributed by atoms with Crippen LogP contribution in [0.2, 0.25) is 0 Å². The van der Waals surface area contributed by atoms with E-state index >= 15 is 0 Å². The van der Waals surface area contributed by atoms with E-state index in [4.69, 9.17) is 9.72 Å². The monoisotopic (exact) mass is 1390 g/mol. The molecule has 94 heavy (non-hydrogen) atoms. The molecule has 0 atom stereocenters. The number of pyridine rings is 1. The van der Waals surface area contributed by atoms with Gasteiger partial charge in [-0.3, -0.25) is 0 Å². The third kappa shape index (κ3) is 9.36. The molecule has 1 aliphatic carbocycles. The molecule has 0 fully saturated rings. The zero-order valence-corrected chi connectivity index (χ0v) is 55.4. The number of para-hydroxylation sites is 5. The first kappa shape index (κ1) is 58.6. The molecule has 3 aromatic heterocycles. The van der Waals surface area contributed by atoms with Gasteiger partial charge >= 0.3 is 0 Å². The van der Waals surface area contributed by atoms with Gasteiger partial charge in [-0.15, -0.1) is 48.1 Å². The summed E-state index contributed by atoms with van der Waals surface area (Å²) < 4.78 is 12.0. The van der Waals surface area contributed by atoms with E-state index in [1.165, 1.54) is 44.5 Å². The quantitative estimate of drug-likeness (QED) is 0.128. The molecule has 0 N–H and O–H groups in total. The molecule has 458 valence electrons. The summed E-state index contributed by atoms with van der Waals surface area (Å²) in [4.78, 5) is 9.69. The molecule has 15 aromatic rings. The molecular formula is C87H66N5OPt-3. The fraction of sp³-hybridized carbons (Fsp3) is 0.103. The van der Waals surface area contributed by atoms with E-state index < -0.39 is 5.41 Å². The molecule has 0 spiro atoms. The molecule has 0 unspecified atom stereocenters. The normalized spacial score (nSPS) is 13.3. The summed E-state index contributed by atoms with van der Waals surface area (Å²) in [5.41, 5.74) is 22.4. The maximum absolute atomic E-state index is 7.42. The van der Waals surface area contributed by atoms with Crippen LogP contribution in [0.4, 0.5) is 22.7 Å². The third-order valence-electron chi connectivity index (χ3n) is 19.3. The van der Waals surface area contributed by atoms with Gasteiger partial charge in [-0.05, 0) is 132 Å².